The number of fused-ring (bicyclic) bond motifs is 3. The highest BCUT2D eigenvalue weighted by molar-refractivity contribution is 5.89. The topological polar surface area (TPSA) is 90.2 Å². The summed E-state index contributed by atoms with van der Waals surface area (Å²) in [5, 5.41) is 11.1. The Balaban J connectivity index is 1.50. The van der Waals surface area contributed by atoms with E-state index in [2.05, 4.69) is 16.7 Å². The molecule has 4 atom stereocenters. The van der Waals surface area contributed by atoms with Crippen molar-refractivity contribution in [2.24, 2.45) is 11.8 Å². The zero-order valence-corrected chi connectivity index (χ0v) is 21.3. The molecule has 0 unspecified atom stereocenters. The standard InChI is InChI=1S/C29H34N2O6/c1-35-26-17-21(20(13-15-32)18-37-28(33)19-8-4-3-5-9-19)16-25-27-23(12-14-30(25)29(34)36-2)22-10-6-7-11-24(22)31(26)27/h3-11,20-21,25-26,32H,12-18H2,1-2H3/t20-,21-,25+,26+/m1/s1. The number of hydrogen-bond donors (Lipinski definition) is 1. The molecule has 0 spiro atoms. The van der Waals surface area contributed by atoms with Gasteiger partial charge in [-0.1, -0.05) is 36.4 Å². The molecule has 8 heteroatoms. The van der Waals surface area contributed by atoms with Crippen LogP contribution in [0.5, 0.6) is 0 Å². The Morgan fingerprint density at radius 2 is 1.81 bits per heavy atom. The summed E-state index contributed by atoms with van der Waals surface area (Å²) in [6.45, 7) is 0.729. The fourth-order valence-corrected chi connectivity index (χ4v) is 6.19. The molecule has 1 amide bonds. The van der Waals surface area contributed by atoms with Crippen LogP contribution >= 0.6 is 0 Å². The van der Waals surface area contributed by atoms with Gasteiger partial charge in [0.25, 0.3) is 0 Å². The van der Waals surface area contributed by atoms with Gasteiger partial charge in [-0.2, -0.15) is 0 Å². The van der Waals surface area contributed by atoms with Gasteiger partial charge in [-0.15, -0.1) is 0 Å². The van der Waals surface area contributed by atoms with Crippen LogP contribution in [0.2, 0.25) is 0 Å². The first-order chi connectivity index (χ1) is 18.1. The molecule has 2 aromatic carbocycles. The number of carbonyl (C=O) groups excluding carboxylic acids is 2. The molecule has 0 aliphatic carbocycles. The minimum absolute atomic E-state index is 0.0203. The van der Waals surface area contributed by atoms with Crippen LogP contribution in [0.25, 0.3) is 10.9 Å². The Morgan fingerprint density at radius 1 is 1.05 bits per heavy atom. The molecule has 3 aromatic rings. The van der Waals surface area contributed by atoms with Gasteiger partial charge in [0.1, 0.15) is 6.23 Å². The van der Waals surface area contributed by atoms with E-state index < -0.39 is 0 Å². The Kier molecular flexibility index (Phi) is 7.48. The first-order valence-electron chi connectivity index (χ1n) is 12.9. The molecule has 37 heavy (non-hydrogen) atoms. The van der Waals surface area contributed by atoms with Crippen molar-refractivity contribution >= 4 is 23.0 Å². The van der Waals surface area contributed by atoms with Crippen molar-refractivity contribution in [1.29, 1.82) is 0 Å². The first kappa shape index (κ1) is 25.3. The number of para-hydroxylation sites is 1. The number of amides is 1. The number of aromatic nitrogens is 1. The third-order valence-corrected chi connectivity index (χ3v) is 7.96. The lowest BCUT2D eigenvalue weighted by atomic mass is 9.81. The molecule has 2 aliphatic heterocycles. The monoisotopic (exact) mass is 506 g/mol. The molecule has 8 nitrogen and oxygen atoms in total. The third-order valence-electron chi connectivity index (χ3n) is 7.96. The quantitative estimate of drug-likeness (QED) is 0.467. The van der Waals surface area contributed by atoms with Gasteiger partial charge < -0.3 is 23.9 Å². The largest absolute Gasteiger partial charge is 0.462 e. The van der Waals surface area contributed by atoms with Crippen LogP contribution in [0.1, 0.15) is 53.1 Å². The van der Waals surface area contributed by atoms with Crippen molar-refractivity contribution in [1.82, 2.24) is 9.47 Å². The Morgan fingerprint density at radius 3 is 2.54 bits per heavy atom. The molecular weight excluding hydrogens is 472 g/mol. The molecule has 2 aliphatic rings. The number of benzene rings is 2. The highest BCUT2D eigenvalue weighted by Crippen LogP contribution is 2.48. The summed E-state index contributed by atoms with van der Waals surface area (Å²) in [7, 11) is 3.12. The number of ether oxygens (including phenoxy) is 3. The molecule has 5 rings (SSSR count). The summed E-state index contributed by atoms with van der Waals surface area (Å²) >= 11 is 0. The maximum atomic E-state index is 12.9. The van der Waals surface area contributed by atoms with Gasteiger partial charge in [0.05, 0.1) is 30.8 Å². The number of rotatable bonds is 7. The van der Waals surface area contributed by atoms with E-state index in [4.69, 9.17) is 14.2 Å². The van der Waals surface area contributed by atoms with Gasteiger partial charge >= 0.3 is 12.1 Å². The molecule has 3 heterocycles. The zero-order valence-electron chi connectivity index (χ0n) is 21.3. The lowest BCUT2D eigenvalue weighted by molar-refractivity contribution is 0.00445. The number of methoxy groups -OCH3 is 2. The minimum Gasteiger partial charge on any atom is -0.462 e. The average Bonchev–Trinajstić information content (AvgIpc) is 3.17. The van der Waals surface area contributed by atoms with Crippen molar-refractivity contribution in [2.75, 3.05) is 34.0 Å². The highest BCUT2D eigenvalue weighted by atomic mass is 16.5. The number of esters is 1. The summed E-state index contributed by atoms with van der Waals surface area (Å²) < 4.78 is 19.2. The maximum absolute atomic E-state index is 12.9. The van der Waals surface area contributed by atoms with E-state index in [9.17, 15) is 14.7 Å². The molecule has 0 fully saturated rings. The molecule has 0 saturated carbocycles. The predicted molar refractivity (Wildman–Crippen MR) is 138 cm³/mol. The summed E-state index contributed by atoms with van der Waals surface area (Å²) in [4.78, 5) is 27.4. The number of carbonyl (C=O) groups is 2. The Bertz CT molecular complexity index is 1260. The highest BCUT2D eigenvalue weighted by Gasteiger charge is 2.43. The molecule has 196 valence electrons. The van der Waals surface area contributed by atoms with Crippen molar-refractivity contribution in [2.45, 2.75) is 38.0 Å². The summed E-state index contributed by atoms with van der Waals surface area (Å²) in [6.07, 6.45) is 1.94. The average molecular weight is 507 g/mol. The number of nitrogens with zero attached hydrogens (tertiary/aromatic N) is 2. The van der Waals surface area contributed by atoms with Crippen molar-refractivity contribution in [3.05, 3.63) is 71.4 Å². The predicted octanol–water partition coefficient (Wildman–Crippen LogP) is 4.72. The summed E-state index contributed by atoms with van der Waals surface area (Å²) in [5.74, 6) is -0.452. The van der Waals surface area contributed by atoms with E-state index in [0.717, 1.165) is 17.6 Å². The van der Waals surface area contributed by atoms with Gasteiger partial charge in [0.2, 0.25) is 0 Å². The second-order valence-electron chi connectivity index (χ2n) is 9.84. The van der Waals surface area contributed by atoms with Gasteiger partial charge in [-0.25, -0.2) is 9.59 Å². The van der Waals surface area contributed by atoms with Crippen LogP contribution in [0.4, 0.5) is 4.79 Å². The third kappa shape index (κ3) is 4.71. The molecular formula is C29H34N2O6. The molecule has 1 aromatic heterocycles. The molecule has 0 bridgehead atoms. The normalized spacial score (nSPS) is 21.7. The SMILES string of the molecule is COC(=O)N1CCc2c3n(c4ccccc24)[C@@H](OC)C[C@H]([C@H](CCO)COC(=O)c2ccccc2)C[C@@H]31. The van der Waals surface area contributed by atoms with Gasteiger partial charge in [0.15, 0.2) is 0 Å². The lowest BCUT2D eigenvalue weighted by Gasteiger charge is -2.37. The number of aliphatic hydroxyl groups is 1. The van der Waals surface area contributed by atoms with Gasteiger partial charge in [0, 0.05) is 31.3 Å². The fourth-order valence-electron chi connectivity index (χ4n) is 6.19. The molecule has 1 N–H and O–H groups in total. The van der Waals surface area contributed by atoms with Crippen LogP contribution in [-0.2, 0) is 20.6 Å². The smallest absolute Gasteiger partial charge is 0.410 e. The van der Waals surface area contributed by atoms with Crippen LogP contribution in [0, 0.1) is 11.8 Å². The van der Waals surface area contributed by atoms with Gasteiger partial charge in [-0.3, -0.25) is 4.90 Å². The fraction of sp³-hybridized carbons (Fsp3) is 0.448. The molecule has 0 radical (unpaired) electrons. The van der Waals surface area contributed by atoms with E-state index >= 15 is 0 Å². The van der Waals surface area contributed by atoms with E-state index in [-0.39, 0.29) is 49.4 Å². The van der Waals surface area contributed by atoms with Crippen molar-refractivity contribution in [3.63, 3.8) is 0 Å². The van der Waals surface area contributed by atoms with Crippen LogP contribution in [0.15, 0.2) is 54.6 Å². The van der Waals surface area contributed by atoms with E-state index in [1.165, 1.54) is 18.1 Å². The molecule has 0 saturated heterocycles. The maximum Gasteiger partial charge on any atom is 0.410 e. The number of aliphatic hydroxyl groups excluding tert-OH is 1. The van der Waals surface area contributed by atoms with Crippen LogP contribution < -0.4 is 0 Å². The van der Waals surface area contributed by atoms with E-state index in [1.807, 2.05) is 23.1 Å². The summed E-state index contributed by atoms with van der Waals surface area (Å²) in [5.41, 5.74) is 3.93. The zero-order chi connectivity index (χ0) is 25.9. The Hall–Kier alpha value is -3.36. The minimum atomic E-state index is -0.381. The Labute approximate surface area is 216 Å². The summed E-state index contributed by atoms with van der Waals surface area (Å²) in [6, 6.07) is 17.0. The number of hydrogen-bond acceptors (Lipinski definition) is 6. The van der Waals surface area contributed by atoms with Crippen LogP contribution in [0.3, 0.4) is 0 Å². The van der Waals surface area contributed by atoms with Crippen molar-refractivity contribution < 1.29 is 28.9 Å². The second kappa shape index (κ2) is 10.9. The first-order valence-corrected chi connectivity index (χ1v) is 12.9. The lowest BCUT2D eigenvalue weighted by Crippen LogP contribution is -2.41. The van der Waals surface area contributed by atoms with E-state index in [0.29, 0.717) is 31.4 Å². The second-order valence-corrected chi connectivity index (χ2v) is 9.84. The van der Waals surface area contributed by atoms with Crippen molar-refractivity contribution in [3.8, 4) is 0 Å². The van der Waals surface area contributed by atoms with Gasteiger partial charge in [-0.05, 0) is 61.3 Å². The van der Waals surface area contributed by atoms with E-state index in [1.54, 1.807) is 31.4 Å². The van der Waals surface area contributed by atoms with Crippen LogP contribution in [-0.4, -0.2) is 60.6 Å².